The fraction of sp³-hybridized carbons (Fsp3) is 0.333. The summed E-state index contributed by atoms with van der Waals surface area (Å²) in [6, 6.07) is 6.41. The topological polar surface area (TPSA) is 85.6 Å². The molecule has 0 radical (unpaired) electrons. The standard InChI is InChI=1S/C15H17N3O4S/c1-10-14(23-13(16-10)9-22-3)15(19)17(2)8-11-6-4-5-7-12(11)18(20)21/h4-7H,8-9H2,1-3H3. The van der Waals surface area contributed by atoms with E-state index in [9.17, 15) is 14.9 Å². The van der Waals surface area contributed by atoms with Gasteiger partial charge in [0.1, 0.15) is 9.88 Å². The maximum atomic E-state index is 12.6. The van der Waals surface area contributed by atoms with Crippen molar-refractivity contribution in [3.63, 3.8) is 0 Å². The number of methoxy groups -OCH3 is 1. The number of thiazole rings is 1. The molecular formula is C15H17N3O4S. The normalized spacial score (nSPS) is 10.6. The van der Waals surface area contributed by atoms with Gasteiger partial charge >= 0.3 is 0 Å². The number of benzene rings is 1. The van der Waals surface area contributed by atoms with Crippen molar-refractivity contribution < 1.29 is 14.5 Å². The summed E-state index contributed by atoms with van der Waals surface area (Å²) in [5.74, 6) is -0.208. The van der Waals surface area contributed by atoms with Crippen LogP contribution in [0.5, 0.6) is 0 Å². The van der Waals surface area contributed by atoms with Crippen LogP contribution < -0.4 is 0 Å². The highest BCUT2D eigenvalue weighted by Gasteiger charge is 2.21. The van der Waals surface area contributed by atoms with Crippen LogP contribution in [0.3, 0.4) is 0 Å². The third-order valence-corrected chi connectivity index (χ3v) is 4.36. The van der Waals surface area contributed by atoms with E-state index >= 15 is 0 Å². The van der Waals surface area contributed by atoms with Crippen LogP contribution in [0.4, 0.5) is 5.69 Å². The Morgan fingerprint density at radius 3 is 2.78 bits per heavy atom. The van der Waals surface area contributed by atoms with Gasteiger partial charge < -0.3 is 9.64 Å². The van der Waals surface area contributed by atoms with E-state index in [4.69, 9.17) is 4.74 Å². The van der Waals surface area contributed by atoms with Crippen molar-refractivity contribution in [3.8, 4) is 0 Å². The van der Waals surface area contributed by atoms with E-state index in [1.54, 1.807) is 39.3 Å². The molecule has 7 nitrogen and oxygen atoms in total. The summed E-state index contributed by atoms with van der Waals surface area (Å²) in [6.07, 6.45) is 0. The molecule has 1 aromatic heterocycles. The minimum Gasteiger partial charge on any atom is -0.378 e. The molecule has 0 fully saturated rings. The van der Waals surface area contributed by atoms with Gasteiger partial charge in [-0.25, -0.2) is 4.98 Å². The van der Waals surface area contributed by atoms with E-state index in [1.807, 2.05) is 0 Å². The molecule has 2 aromatic rings. The highest BCUT2D eigenvalue weighted by Crippen LogP contribution is 2.23. The first-order valence-electron chi connectivity index (χ1n) is 6.87. The lowest BCUT2D eigenvalue weighted by atomic mass is 10.1. The van der Waals surface area contributed by atoms with Crippen LogP contribution in [0.2, 0.25) is 0 Å². The lowest BCUT2D eigenvalue weighted by Gasteiger charge is -2.16. The summed E-state index contributed by atoms with van der Waals surface area (Å²) in [5.41, 5.74) is 1.14. The summed E-state index contributed by atoms with van der Waals surface area (Å²) in [4.78, 5) is 29.4. The Hall–Kier alpha value is -2.32. The number of nitro benzene ring substituents is 1. The Morgan fingerprint density at radius 1 is 1.43 bits per heavy atom. The number of aryl methyl sites for hydroxylation is 1. The average Bonchev–Trinajstić information content (AvgIpc) is 2.87. The molecule has 0 saturated heterocycles. The molecule has 0 atom stereocenters. The van der Waals surface area contributed by atoms with Gasteiger partial charge in [-0.15, -0.1) is 11.3 Å². The van der Waals surface area contributed by atoms with E-state index in [0.29, 0.717) is 22.7 Å². The van der Waals surface area contributed by atoms with Crippen molar-refractivity contribution in [2.45, 2.75) is 20.1 Å². The summed E-state index contributed by atoms with van der Waals surface area (Å²) in [7, 11) is 3.19. The van der Waals surface area contributed by atoms with Crippen molar-refractivity contribution in [2.24, 2.45) is 0 Å². The molecule has 0 aliphatic carbocycles. The molecule has 8 heteroatoms. The Bertz CT molecular complexity index is 729. The van der Waals surface area contributed by atoms with Gasteiger partial charge in [0, 0.05) is 25.8 Å². The molecule has 1 amide bonds. The van der Waals surface area contributed by atoms with Crippen molar-refractivity contribution in [1.82, 2.24) is 9.88 Å². The maximum Gasteiger partial charge on any atom is 0.274 e. The van der Waals surface area contributed by atoms with Crippen molar-refractivity contribution in [2.75, 3.05) is 14.2 Å². The first kappa shape index (κ1) is 17.0. The summed E-state index contributed by atoms with van der Waals surface area (Å²) >= 11 is 1.28. The number of rotatable bonds is 6. The summed E-state index contributed by atoms with van der Waals surface area (Å²) < 4.78 is 5.02. The first-order valence-corrected chi connectivity index (χ1v) is 7.68. The summed E-state index contributed by atoms with van der Waals surface area (Å²) in [6.45, 7) is 2.28. The number of amides is 1. The van der Waals surface area contributed by atoms with E-state index in [1.165, 1.54) is 22.3 Å². The molecule has 1 heterocycles. The molecule has 122 valence electrons. The second-order valence-electron chi connectivity index (χ2n) is 5.00. The molecule has 0 spiro atoms. The molecule has 0 unspecified atom stereocenters. The van der Waals surface area contributed by atoms with Crippen LogP contribution in [0, 0.1) is 17.0 Å². The van der Waals surface area contributed by atoms with Gasteiger partial charge in [0.2, 0.25) is 0 Å². The zero-order chi connectivity index (χ0) is 17.0. The number of para-hydroxylation sites is 1. The van der Waals surface area contributed by atoms with Crippen LogP contribution in [0.25, 0.3) is 0 Å². The smallest absolute Gasteiger partial charge is 0.274 e. The van der Waals surface area contributed by atoms with Gasteiger partial charge in [0.25, 0.3) is 11.6 Å². The number of hydrogen-bond donors (Lipinski definition) is 0. The Kier molecular flexibility index (Phi) is 5.41. The Labute approximate surface area is 137 Å². The Morgan fingerprint density at radius 2 is 2.13 bits per heavy atom. The predicted octanol–water partition coefficient (Wildman–Crippen LogP) is 2.78. The van der Waals surface area contributed by atoms with E-state index < -0.39 is 4.92 Å². The van der Waals surface area contributed by atoms with E-state index in [-0.39, 0.29) is 18.1 Å². The van der Waals surface area contributed by atoms with Crippen LogP contribution >= 0.6 is 11.3 Å². The van der Waals surface area contributed by atoms with Gasteiger partial charge in [-0.1, -0.05) is 18.2 Å². The molecule has 1 aromatic carbocycles. The largest absolute Gasteiger partial charge is 0.378 e. The number of hydrogen-bond acceptors (Lipinski definition) is 6. The monoisotopic (exact) mass is 335 g/mol. The fourth-order valence-corrected chi connectivity index (χ4v) is 3.19. The average molecular weight is 335 g/mol. The second-order valence-corrected chi connectivity index (χ2v) is 6.09. The molecule has 0 aliphatic heterocycles. The van der Waals surface area contributed by atoms with Gasteiger partial charge in [-0.2, -0.15) is 0 Å². The third-order valence-electron chi connectivity index (χ3n) is 3.25. The minimum absolute atomic E-state index is 0.00764. The van der Waals surface area contributed by atoms with Crippen LogP contribution in [-0.4, -0.2) is 34.9 Å². The maximum absolute atomic E-state index is 12.6. The Balaban J connectivity index is 2.19. The lowest BCUT2D eigenvalue weighted by molar-refractivity contribution is -0.385. The molecule has 0 saturated carbocycles. The van der Waals surface area contributed by atoms with E-state index in [0.717, 1.165) is 5.01 Å². The SMILES string of the molecule is COCc1nc(C)c(C(=O)N(C)Cc2ccccc2[N+](=O)[O-])s1. The number of nitro groups is 1. The second kappa shape index (κ2) is 7.30. The number of carbonyl (C=O) groups excluding carboxylic acids is 1. The molecule has 23 heavy (non-hydrogen) atoms. The summed E-state index contributed by atoms with van der Waals surface area (Å²) in [5, 5.41) is 11.8. The highest BCUT2D eigenvalue weighted by atomic mass is 32.1. The molecule has 0 aliphatic rings. The highest BCUT2D eigenvalue weighted by molar-refractivity contribution is 7.13. The molecular weight excluding hydrogens is 318 g/mol. The van der Waals surface area contributed by atoms with Gasteiger partial charge in [0.15, 0.2) is 0 Å². The van der Waals surface area contributed by atoms with Crippen molar-refractivity contribution in [1.29, 1.82) is 0 Å². The number of ether oxygens (including phenoxy) is 1. The number of carbonyl (C=O) groups is 1. The third kappa shape index (κ3) is 3.91. The van der Waals surface area contributed by atoms with E-state index in [2.05, 4.69) is 4.98 Å². The molecule has 2 rings (SSSR count). The fourth-order valence-electron chi connectivity index (χ4n) is 2.16. The number of aromatic nitrogens is 1. The van der Waals surface area contributed by atoms with Crippen molar-refractivity contribution >= 4 is 22.9 Å². The van der Waals surface area contributed by atoms with Crippen molar-refractivity contribution in [3.05, 3.63) is 55.5 Å². The molecule has 0 bridgehead atoms. The quantitative estimate of drug-likeness (QED) is 0.598. The van der Waals surface area contributed by atoms with Crippen LogP contribution in [-0.2, 0) is 17.9 Å². The zero-order valence-electron chi connectivity index (χ0n) is 13.1. The lowest BCUT2D eigenvalue weighted by Crippen LogP contribution is -2.26. The molecule has 0 N–H and O–H groups in total. The van der Waals surface area contributed by atoms with Crippen LogP contribution in [0.1, 0.15) is 25.9 Å². The number of nitrogens with zero attached hydrogens (tertiary/aromatic N) is 3. The van der Waals surface area contributed by atoms with Gasteiger partial charge in [0.05, 0.1) is 23.8 Å². The van der Waals surface area contributed by atoms with Gasteiger partial charge in [-0.3, -0.25) is 14.9 Å². The zero-order valence-corrected chi connectivity index (χ0v) is 13.9. The predicted molar refractivity (Wildman–Crippen MR) is 86.5 cm³/mol. The van der Waals surface area contributed by atoms with Crippen LogP contribution in [0.15, 0.2) is 24.3 Å². The minimum atomic E-state index is -0.442. The van der Waals surface area contributed by atoms with Gasteiger partial charge in [-0.05, 0) is 6.92 Å². The first-order chi connectivity index (χ1) is 10.9.